The van der Waals surface area contributed by atoms with Gasteiger partial charge in [0.2, 0.25) is 0 Å². The summed E-state index contributed by atoms with van der Waals surface area (Å²) < 4.78 is 71.6. The number of alkyl halides is 4. The molecule has 8 nitrogen and oxygen atoms in total. The number of aryl methyl sites for hydroxylation is 2. The predicted molar refractivity (Wildman–Crippen MR) is 243 cm³/mol. The van der Waals surface area contributed by atoms with Crippen molar-refractivity contribution < 1.29 is 46.2 Å². The Balaban J connectivity index is 0.00000369. The summed E-state index contributed by atoms with van der Waals surface area (Å²) in [5.41, 5.74) is 5.77. The van der Waals surface area contributed by atoms with E-state index in [1.54, 1.807) is 14.0 Å². The SMILES string of the molecule is CC.CCCCC(CC)Cn1c2ccc(/C(=N\OC(C)=O)c3ccc(OC(C)COC)cc3C)cc2c2cc(C(=O)c3ccc(OCC(F)(F)C(F)F)cc3C)c3ccccc3c21. The molecule has 0 radical (unpaired) electrons. The molecule has 5 aromatic carbocycles. The van der Waals surface area contributed by atoms with Crippen molar-refractivity contribution in [2.24, 2.45) is 11.1 Å². The van der Waals surface area contributed by atoms with Crippen LogP contribution in [0.1, 0.15) is 105 Å². The van der Waals surface area contributed by atoms with Crippen molar-refractivity contribution in [2.75, 3.05) is 20.3 Å². The van der Waals surface area contributed by atoms with E-state index in [0.29, 0.717) is 46.2 Å². The van der Waals surface area contributed by atoms with E-state index in [0.717, 1.165) is 75.9 Å². The van der Waals surface area contributed by atoms with E-state index in [-0.39, 0.29) is 17.6 Å². The Morgan fingerprint density at radius 1 is 0.810 bits per heavy atom. The third kappa shape index (κ3) is 11.1. The molecule has 0 aliphatic heterocycles. The molecule has 0 bridgehead atoms. The first-order valence-corrected chi connectivity index (χ1v) is 21.6. The van der Waals surface area contributed by atoms with E-state index in [2.05, 4.69) is 29.6 Å². The molecule has 6 aromatic rings. The maximum atomic E-state index is 14.7. The molecule has 0 amide bonds. The lowest BCUT2D eigenvalue weighted by molar-refractivity contribution is -0.148. The fourth-order valence-electron chi connectivity index (χ4n) is 7.88. The molecule has 12 heteroatoms. The number of unbranched alkanes of at least 4 members (excludes halogenated alkanes) is 1. The summed E-state index contributed by atoms with van der Waals surface area (Å²) in [7, 11) is 1.62. The Kier molecular flexibility index (Phi) is 16.5. The van der Waals surface area contributed by atoms with Gasteiger partial charge in [0, 0.05) is 64.5 Å². The molecule has 0 saturated heterocycles. The Bertz CT molecular complexity index is 2580. The van der Waals surface area contributed by atoms with Crippen LogP contribution in [0.25, 0.3) is 32.6 Å². The molecule has 0 aliphatic rings. The van der Waals surface area contributed by atoms with E-state index in [1.165, 1.54) is 25.1 Å². The van der Waals surface area contributed by atoms with Gasteiger partial charge in [-0.05, 0) is 104 Å². The lowest BCUT2D eigenvalue weighted by Crippen LogP contribution is -2.33. The van der Waals surface area contributed by atoms with Crippen LogP contribution in [0.15, 0.2) is 90.1 Å². The Morgan fingerprint density at radius 3 is 2.11 bits per heavy atom. The van der Waals surface area contributed by atoms with Crippen molar-refractivity contribution in [3.63, 3.8) is 0 Å². The number of ketones is 1. The third-order valence-electron chi connectivity index (χ3n) is 11.0. The number of hydrogen-bond acceptors (Lipinski definition) is 7. The minimum Gasteiger partial charge on any atom is -0.488 e. The Hall–Kier alpha value is -5.75. The van der Waals surface area contributed by atoms with Crippen LogP contribution in [0.3, 0.4) is 0 Å². The van der Waals surface area contributed by atoms with Crippen LogP contribution in [0.5, 0.6) is 11.5 Å². The van der Waals surface area contributed by atoms with Crippen molar-refractivity contribution >= 4 is 50.0 Å². The molecule has 0 fully saturated rings. The molecule has 0 N–H and O–H groups in total. The average Bonchev–Trinajstić information content (AvgIpc) is 3.57. The number of carbonyl (C=O) groups excluding carboxylic acids is 2. The fourth-order valence-corrected chi connectivity index (χ4v) is 7.88. The predicted octanol–water partition coefficient (Wildman–Crippen LogP) is 13.0. The van der Waals surface area contributed by atoms with Gasteiger partial charge in [0.25, 0.3) is 0 Å². The lowest BCUT2D eigenvalue weighted by atomic mass is 9.92. The van der Waals surface area contributed by atoms with E-state index < -0.39 is 24.9 Å². The van der Waals surface area contributed by atoms with Gasteiger partial charge in [-0.3, -0.25) is 4.79 Å². The highest BCUT2D eigenvalue weighted by atomic mass is 19.3. The van der Waals surface area contributed by atoms with Gasteiger partial charge in [-0.1, -0.05) is 82.4 Å². The minimum atomic E-state index is -4.32. The quantitative estimate of drug-likeness (QED) is 0.0265. The molecule has 63 heavy (non-hydrogen) atoms. The van der Waals surface area contributed by atoms with Gasteiger partial charge in [-0.25, -0.2) is 13.6 Å². The first kappa shape index (κ1) is 48.3. The van der Waals surface area contributed by atoms with Crippen LogP contribution < -0.4 is 9.47 Å². The minimum absolute atomic E-state index is 0.0527. The second kappa shape index (κ2) is 21.6. The van der Waals surface area contributed by atoms with Crippen molar-refractivity contribution in [1.82, 2.24) is 4.57 Å². The third-order valence-corrected chi connectivity index (χ3v) is 11.0. The number of oxime groups is 1. The molecular formula is C51H58F4N2O6. The number of halogens is 4. The molecule has 2 atom stereocenters. The highest BCUT2D eigenvalue weighted by Gasteiger charge is 2.41. The number of nitrogens with zero attached hydrogens (tertiary/aromatic N) is 2. The molecule has 2 unspecified atom stereocenters. The number of ether oxygens (including phenoxy) is 3. The zero-order valence-corrected chi connectivity index (χ0v) is 37.6. The summed E-state index contributed by atoms with van der Waals surface area (Å²) >= 11 is 0. The molecule has 1 aromatic heterocycles. The second-order valence-corrected chi connectivity index (χ2v) is 15.7. The molecule has 336 valence electrons. The van der Waals surface area contributed by atoms with Crippen molar-refractivity contribution in [3.05, 3.63) is 118 Å². The van der Waals surface area contributed by atoms with Crippen LogP contribution in [0, 0.1) is 19.8 Å². The smallest absolute Gasteiger partial charge is 0.340 e. The fraction of sp³-hybridized carbons (Fsp3) is 0.392. The van der Waals surface area contributed by atoms with E-state index >= 15 is 0 Å². The average molecular weight is 871 g/mol. The summed E-state index contributed by atoms with van der Waals surface area (Å²) in [5.74, 6) is -4.21. The van der Waals surface area contributed by atoms with E-state index in [4.69, 9.17) is 19.0 Å². The monoisotopic (exact) mass is 870 g/mol. The summed E-state index contributed by atoms with van der Waals surface area (Å²) in [6.07, 6.45) is 0.171. The summed E-state index contributed by atoms with van der Waals surface area (Å²) in [6.45, 7) is 14.9. The summed E-state index contributed by atoms with van der Waals surface area (Å²) in [5, 5.41) is 7.68. The van der Waals surface area contributed by atoms with Crippen molar-refractivity contribution in [3.8, 4) is 11.5 Å². The largest absolute Gasteiger partial charge is 0.488 e. The second-order valence-electron chi connectivity index (χ2n) is 15.7. The highest BCUT2D eigenvalue weighted by Crippen LogP contribution is 2.39. The van der Waals surface area contributed by atoms with Crippen LogP contribution in [-0.2, 0) is 20.9 Å². The van der Waals surface area contributed by atoms with Gasteiger partial charge in [0.1, 0.15) is 23.3 Å². The van der Waals surface area contributed by atoms with E-state index in [9.17, 15) is 27.2 Å². The van der Waals surface area contributed by atoms with Crippen molar-refractivity contribution in [1.29, 1.82) is 0 Å². The molecule has 6 rings (SSSR count). The number of fused-ring (bicyclic) bond motifs is 5. The van der Waals surface area contributed by atoms with Gasteiger partial charge in [-0.2, -0.15) is 8.78 Å². The molecule has 0 aliphatic carbocycles. The number of benzene rings is 5. The van der Waals surface area contributed by atoms with Crippen LogP contribution >= 0.6 is 0 Å². The maximum absolute atomic E-state index is 14.7. The first-order chi connectivity index (χ1) is 30.2. The molecule has 0 spiro atoms. The normalized spacial score (nSPS) is 13.0. The first-order valence-electron chi connectivity index (χ1n) is 21.6. The highest BCUT2D eigenvalue weighted by molar-refractivity contribution is 6.27. The topological polar surface area (TPSA) is 88.4 Å². The standard InChI is InChI=1S/C49H52F4N2O6.C2H6/c1-8-10-13-33(9-2)26-55-44-21-16-34(45(54-61-32(6)56)37-19-18-36(23-29(37)3)60-31(5)27-58-7)24-41(44)42-25-43(39-14-11-12-15-40(39)46(42)55)47(57)38-20-17-35(22-30(38)4)59-28-49(52,53)48(50)51;1-2/h11-12,14-25,31,33,48H,8-10,13,26-28H2,1-7H3;1-2H3/b54-45+;. The number of carbonyl (C=O) groups is 2. The van der Waals surface area contributed by atoms with Gasteiger partial charge in [-0.15, -0.1) is 0 Å². The number of hydrogen-bond donors (Lipinski definition) is 0. The zero-order chi connectivity index (χ0) is 46.0. The molecular weight excluding hydrogens is 813 g/mol. The summed E-state index contributed by atoms with van der Waals surface area (Å²) in [4.78, 5) is 32.1. The lowest BCUT2D eigenvalue weighted by Gasteiger charge is -2.19. The number of methoxy groups -OCH3 is 1. The Morgan fingerprint density at radius 2 is 1.48 bits per heavy atom. The van der Waals surface area contributed by atoms with Crippen LogP contribution in [-0.4, -0.2) is 60.8 Å². The van der Waals surface area contributed by atoms with Gasteiger partial charge in [0.05, 0.1) is 12.1 Å². The maximum Gasteiger partial charge on any atom is 0.340 e. The van der Waals surface area contributed by atoms with Gasteiger partial charge < -0.3 is 23.6 Å². The van der Waals surface area contributed by atoms with Gasteiger partial charge in [0.15, 0.2) is 12.4 Å². The zero-order valence-electron chi connectivity index (χ0n) is 37.6. The van der Waals surface area contributed by atoms with Crippen LogP contribution in [0.4, 0.5) is 17.6 Å². The Labute approximate surface area is 367 Å². The number of rotatable bonds is 19. The van der Waals surface area contributed by atoms with Crippen LogP contribution in [0.2, 0.25) is 0 Å². The van der Waals surface area contributed by atoms with Gasteiger partial charge >= 0.3 is 18.3 Å². The molecule has 1 heterocycles. The summed E-state index contributed by atoms with van der Waals surface area (Å²) in [6, 6.07) is 25.5. The van der Waals surface area contributed by atoms with E-state index in [1.807, 2.05) is 88.4 Å². The number of aromatic nitrogens is 1. The van der Waals surface area contributed by atoms with Crippen molar-refractivity contribution in [2.45, 2.75) is 106 Å². The molecule has 0 saturated carbocycles.